The average molecular weight is 311 g/mol. The van der Waals surface area contributed by atoms with Crippen LogP contribution in [0, 0.1) is 0 Å². The van der Waals surface area contributed by atoms with Gasteiger partial charge in [-0.3, -0.25) is 4.79 Å². The lowest BCUT2D eigenvalue weighted by Gasteiger charge is -2.32. The molecule has 1 aliphatic heterocycles. The van der Waals surface area contributed by atoms with Gasteiger partial charge in [0, 0.05) is 36.6 Å². The number of nitrogens with zero attached hydrogens (tertiary/aromatic N) is 1. The summed E-state index contributed by atoms with van der Waals surface area (Å²) in [5.41, 5.74) is 1.22. The summed E-state index contributed by atoms with van der Waals surface area (Å²) >= 11 is 3.41. The number of rotatable bonds is 3. The number of carbonyl (C=O) groups excluding carboxylic acids is 1. The predicted molar refractivity (Wildman–Crippen MR) is 76.5 cm³/mol. The summed E-state index contributed by atoms with van der Waals surface area (Å²) in [6.45, 7) is 4.70. The van der Waals surface area contributed by atoms with Crippen LogP contribution in [0.3, 0.4) is 0 Å². The number of aryl methyl sites for hydroxylation is 1. The average Bonchev–Trinajstić information content (AvgIpc) is 2.38. The van der Waals surface area contributed by atoms with Crippen LogP contribution in [0.4, 0.5) is 0 Å². The van der Waals surface area contributed by atoms with Gasteiger partial charge in [0.2, 0.25) is 5.91 Å². The van der Waals surface area contributed by atoms with Crippen molar-refractivity contribution in [3.05, 3.63) is 34.3 Å². The van der Waals surface area contributed by atoms with Crippen LogP contribution in [0.1, 0.15) is 18.9 Å². The highest BCUT2D eigenvalue weighted by Gasteiger charge is 2.19. The van der Waals surface area contributed by atoms with Crippen molar-refractivity contribution in [2.45, 2.75) is 25.8 Å². The van der Waals surface area contributed by atoms with Gasteiger partial charge in [0.15, 0.2) is 0 Å². The first-order valence-electron chi connectivity index (χ1n) is 6.41. The molecule has 1 N–H and O–H groups in total. The Bertz CT molecular complexity index is 405. The van der Waals surface area contributed by atoms with Crippen molar-refractivity contribution < 1.29 is 4.79 Å². The minimum absolute atomic E-state index is 0.270. The summed E-state index contributed by atoms with van der Waals surface area (Å²) in [5, 5.41) is 3.35. The second-order valence-corrected chi connectivity index (χ2v) is 5.74. The Morgan fingerprint density at radius 2 is 2.17 bits per heavy atom. The van der Waals surface area contributed by atoms with Crippen molar-refractivity contribution in [1.82, 2.24) is 10.2 Å². The molecule has 3 nitrogen and oxygen atoms in total. The van der Waals surface area contributed by atoms with Gasteiger partial charge in [0.1, 0.15) is 0 Å². The Morgan fingerprint density at radius 3 is 2.83 bits per heavy atom. The normalized spacial score (nSPS) is 19.9. The Morgan fingerprint density at radius 1 is 1.44 bits per heavy atom. The second-order valence-electron chi connectivity index (χ2n) is 4.82. The molecule has 1 aliphatic rings. The van der Waals surface area contributed by atoms with E-state index in [0.29, 0.717) is 12.5 Å². The van der Waals surface area contributed by atoms with Crippen LogP contribution < -0.4 is 5.32 Å². The van der Waals surface area contributed by atoms with Gasteiger partial charge in [-0.25, -0.2) is 0 Å². The molecule has 18 heavy (non-hydrogen) atoms. The van der Waals surface area contributed by atoms with Crippen molar-refractivity contribution >= 4 is 21.8 Å². The van der Waals surface area contributed by atoms with Gasteiger partial charge in [0.25, 0.3) is 0 Å². The fourth-order valence-corrected chi connectivity index (χ4v) is 2.48. The van der Waals surface area contributed by atoms with E-state index < -0.39 is 0 Å². The number of nitrogens with one attached hydrogen (secondary N) is 1. The zero-order valence-electron chi connectivity index (χ0n) is 10.7. The van der Waals surface area contributed by atoms with E-state index in [1.165, 1.54) is 5.56 Å². The molecule has 0 saturated carbocycles. The molecule has 0 spiro atoms. The number of piperazine rings is 1. The first-order valence-corrected chi connectivity index (χ1v) is 7.20. The summed E-state index contributed by atoms with van der Waals surface area (Å²) in [6, 6.07) is 8.59. The van der Waals surface area contributed by atoms with Gasteiger partial charge in [-0.1, -0.05) is 28.1 Å². The van der Waals surface area contributed by atoms with Gasteiger partial charge >= 0.3 is 0 Å². The lowest BCUT2D eigenvalue weighted by atomic mass is 10.1. The Balaban J connectivity index is 1.82. The van der Waals surface area contributed by atoms with E-state index in [-0.39, 0.29) is 5.91 Å². The van der Waals surface area contributed by atoms with E-state index in [0.717, 1.165) is 30.5 Å². The largest absolute Gasteiger partial charge is 0.340 e. The highest BCUT2D eigenvalue weighted by molar-refractivity contribution is 9.10. The first kappa shape index (κ1) is 13.6. The number of carbonyl (C=O) groups is 1. The highest BCUT2D eigenvalue weighted by atomic mass is 79.9. The van der Waals surface area contributed by atoms with Crippen molar-refractivity contribution in [3.8, 4) is 0 Å². The highest BCUT2D eigenvalue weighted by Crippen LogP contribution is 2.12. The first-order chi connectivity index (χ1) is 8.65. The van der Waals surface area contributed by atoms with Crippen LogP contribution in [0.5, 0.6) is 0 Å². The van der Waals surface area contributed by atoms with Crippen molar-refractivity contribution in [1.29, 1.82) is 0 Å². The Kier molecular flexibility index (Phi) is 4.78. The van der Waals surface area contributed by atoms with Crippen LogP contribution in [-0.4, -0.2) is 36.5 Å². The summed E-state index contributed by atoms with van der Waals surface area (Å²) in [6.07, 6.45) is 1.43. The number of hydrogen-bond donors (Lipinski definition) is 1. The molecule has 1 aromatic carbocycles. The monoisotopic (exact) mass is 310 g/mol. The number of hydrogen-bond acceptors (Lipinski definition) is 2. The van der Waals surface area contributed by atoms with Crippen molar-refractivity contribution in [2.24, 2.45) is 0 Å². The SMILES string of the molecule is C[C@@H]1CN(C(=O)CCc2ccc(Br)cc2)CCN1. The molecule has 4 heteroatoms. The fraction of sp³-hybridized carbons (Fsp3) is 0.500. The molecular formula is C14H19BrN2O. The third kappa shape index (κ3) is 3.82. The fourth-order valence-electron chi connectivity index (χ4n) is 2.22. The molecule has 0 radical (unpaired) electrons. The van der Waals surface area contributed by atoms with Crippen LogP contribution in [0.25, 0.3) is 0 Å². The zero-order valence-corrected chi connectivity index (χ0v) is 12.2. The van der Waals surface area contributed by atoms with Crippen LogP contribution in [0.2, 0.25) is 0 Å². The minimum atomic E-state index is 0.270. The molecule has 1 aromatic rings. The quantitative estimate of drug-likeness (QED) is 0.928. The van der Waals surface area contributed by atoms with Gasteiger partial charge in [-0.2, -0.15) is 0 Å². The molecule has 0 aliphatic carbocycles. The molecule has 1 atom stereocenters. The molecule has 1 saturated heterocycles. The van der Waals surface area contributed by atoms with E-state index in [2.05, 4.69) is 40.3 Å². The lowest BCUT2D eigenvalue weighted by molar-refractivity contribution is -0.132. The molecule has 98 valence electrons. The van der Waals surface area contributed by atoms with Gasteiger partial charge in [-0.15, -0.1) is 0 Å². The van der Waals surface area contributed by atoms with Crippen LogP contribution >= 0.6 is 15.9 Å². The maximum atomic E-state index is 12.1. The summed E-state index contributed by atoms with van der Waals surface area (Å²) in [5.74, 6) is 0.270. The standard InChI is InChI=1S/C14H19BrN2O/c1-11-10-17(9-8-16-11)14(18)7-4-12-2-5-13(15)6-3-12/h2-3,5-6,11,16H,4,7-10H2,1H3/t11-/m1/s1. The molecule has 2 rings (SSSR count). The predicted octanol–water partition coefficient (Wildman–Crippen LogP) is 2.20. The Hall–Kier alpha value is -0.870. The molecule has 0 unspecified atom stereocenters. The lowest BCUT2D eigenvalue weighted by Crippen LogP contribution is -2.51. The zero-order chi connectivity index (χ0) is 13.0. The maximum Gasteiger partial charge on any atom is 0.222 e. The summed E-state index contributed by atoms with van der Waals surface area (Å²) < 4.78 is 1.08. The molecular weight excluding hydrogens is 292 g/mol. The molecule has 0 aromatic heterocycles. The third-order valence-electron chi connectivity index (χ3n) is 3.26. The van der Waals surface area contributed by atoms with E-state index in [9.17, 15) is 4.79 Å². The van der Waals surface area contributed by atoms with Crippen molar-refractivity contribution in [2.75, 3.05) is 19.6 Å². The van der Waals surface area contributed by atoms with Gasteiger partial charge in [0.05, 0.1) is 0 Å². The second kappa shape index (κ2) is 6.34. The van der Waals surface area contributed by atoms with E-state index >= 15 is 0 Å². The summed E-state index contributed by atoms with van der Waals surface area (Å²) in [4.78, 5) is 14.0. The Labute approximate surface area is 117 Å². The topological polar surface area (TPSA) is 32.3 Å². The van der Waals surface area contributed by atoms with Crippen LogP contribution in [0.15, 0.2) is 28.7 Å². The summed E-state index contributed by atoms with van der Waals surface area (Å²) in [7, 11) is 0. The van der Waals surface area contributed by atoms with E-state index in [1.807, 2.05) is 17.0 Å². The smallest absolute Gasteiger partial charge is 0.222 e. The molecule has 1 amide bonds. The van der Waals surface area contributed by atoms with E-state index in [4.69, 9.17) is 0 Å². The molecule has 0 bridgehead atoms. The van der Waals surface area contributed by atoms with E-state index in [1.54, 1.807) is 0 Å². The number of halogens is 1. The number of amides is 1. The maximum absolute atomic E-state index is 12.1. The minimum Gasteiger partial charge on any atom is -0.340 e. The van der Waals surface area contributed by atoms with Crippen molar-refractivity contribution in [3.63, 3.8) is 0 Å². The molecule has 1 heterocycles. The van der Waals surface area contributed by atoms with Gasteiger partial charge < -0.3 is 10.2 Å². The molecule has 1 fully saturated rings. The van der Waals surface area contributed by atoms with Gasteiger partial charge in [-0.05, 0) is 31.0 Å². The third-order valence-corrected chi connectivity index (χ3v) is 3.79. The van der Waals surface area contributed by atoms with Crippen LogP contribution in [-0.2, 0) is 11.2 Å². The number of benzene rings is 1.